The Morgan fingerprint density at radius 3 is 2.41 bits per heavy atom. The highest BCUT2D eigenvalue weighted by Gasteiger charge is 2.43. The molecule has 2 N–H and O–H groups in total. The van der Waals surface area contributed by atoms with Crippen LogP contribution in [0.1, 0.15) is 19.8 Å². The Morgan fingerprint density at radius 2 is 2.06 bits per heavy atom. The zero-order valence-electron chi connectivity index (χ0n) is 10.1. The lowest BCUT2D eigenvalue weighted by Gasteiger charge is -2.31. The van der Waals surface area contributed by atoms with E-state index in [9.17, 15) is 18.0 Å². The summed E-state index contributed by atoms with van der Waals surface area (Å²) < 4.78 is 42.7. The third kappa shape index (κ3) is 5.88. The van der Waals surface area contributed by atoms with Crippen LogP contribution >= 0.6 is 0 Å². The highest BCUT2D eigenvalue weighted by Crippen LogP contribution is 2.27. The van der Waals surface area contributed by atoms with Crippen molar-refractivity contribution in [2.24, 2.45) is 5.73 Å². The minimum absolute atomic E-state index is 0.0778. The van der Waals surface area contributed by atoms with E-state index < -0.39 is 18.2 Å². The number of rotatable bonds is 7. The highest BCUT2D eigenvalue weighted by molar-refractivity contribution is 5.71. The summed E-state index contributed by atoms with van der Waals surface area (Å²) in [5.41, 5.74) is 5.18. The second kappa shape index (κ2) is 7.50. The van der Waals surface area contributed by atoms with E-state index in [1.54, 1.807) is 6.92 Å². The predicted octanol–water partition coefficient (Wildman–Crippen LogP) is 1.15. The molecule has 0 aliphatic heterocycles. The second-order valence-electron chi connectivity index (χ2n) is 3.68. The molecule has 102 valence electrons. The van der Waals surface area contributed by atoms with Crippen LogP contribution in [-0.2, 0) is 9.53 Å². The molecular formula is C10H19F3N2O2. The van der Waals surface area contributed by atoms with E-state index in [-0.39, 0.29) is 26.1 Å². The summed E-state index contributed by atoms with van der Waals surface area (Å²) in [5, 5.41) is 0. The van der Waals surface area contributed by atoms with Gasteiger partial charge in [-0.15, -0.1) is 0 Å². The maximum Gasteiger partial charge on any atom is 0.404 e. The number of hydrogen-bond donors (Lipinski definition) is 1. The van der Waals surface area contributed by atoms with Gasteiger partial charge in [0.25, 0.3) is 0 Å². The van der Waals surface area contributed by atoms with Crippen LogP contribution in [0.2, 0.25) is 0 Å². The number of hydrogen-bond acceptors (Lipinski definition) is 4. The maximum absolute atomic E-state index is 12.8. The summed E-state index contributed by atoms with van der Waals surface area (Å²) in [7, 11) is 1.15. The van der Waals surface area contributed by atoms with Crippen molar-refractivity contribution in [2.75, 3.05) is 26.7 Å². The molecule has 0 radical (unpaired) electrons. The summed E-state index contributed by atoms with van der Waals surface area (Å²) in [5.74, 6) is -0.676. The Kier molecular flexibility index (Phi) is 7.13. The van der Waals surface area contributed by atoms with Crippen LogP contribution in [0.3, 0.4) is 0 Å². The summed E-state index contributed by atoms with van der Waals surface area (Å²) >= 11 is 0. The molecule has 0 heterocycles. The fraction of sp³-hybridized carbons (Fsp3) is 0.900. The largest absolute Gasteiger partial charge is 0.468 e. The van der Waals surface area contributed by atoms with Gasteiger partial charge in [0, 0.05) is 0 Å². The Labute approximate surface area is 98.9 Å². The molecule has 0 aromatic rings. The first-order valence-electron chi connectivity index (χ1n) is 5.44. The number of alkyl halides is 3. The number of methoxy groups -OCH3 is 1. The molecule has 0 aliphatic carbocycles. The molecule has 17 heavy (non-hydrogen) atoms. The van der Waals surface area contributed by atoms with Gasteiger partial charge in [0.1, 0.15) is 6.04 Å². The Balaban J connectivity index is 4.76. The van der Waals surface area contributed by atoms with E-state index in [1.165, 1.54) is 0 Å². The molecule has 0 aliphatic rings. The van der Waals surface area contributed by atoms with Crippen LogP contribution in [0, 0.1) is 0 Å². The van der Waals surface area contributed by atoms with Crippen LogP contribution < -0.4 is 5.73 Å². The quantitative estimate of drug-likeness (QED) is 0.694. The summed E-state index contributed by atoms with van der Waals surface area (Å²) in [6.45, 7) is 1.49. The SMILES string of the molecule is CCCN(CC(=O)OC)C(CCN)C(F)(F)F. The molecule has 0 bridgehead atoms. The number of carbonyl (C=O) groups excluding carboxylic acids is 1. The van der Waals surface area contributed by atoms with Crippen molar-refractivity contribution in [3.05, 3.63) is 0 Å². The van der Waals surface area contributed by atoms with Crippen molar-refractivity contribution >= 4 is 5.97 Å². The van der Waals surface area contributed by atoms with Gasteiger partial charge < -0.3 is 10.5 Å². The van der Waals surface area contributed by atoms with Crippen molar-refractivity contribution in [2.45, 2.75) is 32.0 Å². The fourth-order valence-electron chi connectivity index (χ4n) is 1.57. The van der Waals surface area contributed by atoms with E-state index in [2.05, 4.69) is 4.74 Å². The molecule has 4 nitrogen and oxygen atoms in total. The number of halogens is 3. The van der Waals surface area contributed by atoms with E-state index >= 15 is 0 Å². The number of nitrogens with zero attached hydrogens (tertiary/aromatic N) is 1. The first kappa shape index (κ1) is 16.2. The van der Waals surface area contributed by atoms with Crippen LogP contribution in [0.4, 0.5) is 13.2 Å². The van der Waals surface area contributed by atoms with Gasteiger partial charge in [-0.25, -0.2) is 0 Å². The van der Waals surface area contributed by atoms with E-state index in [0.717, 1.165) is 12.0 Å². The Hall–Kier alpha value is -0.820. The van der Waals surface area contributed by atoms with Crippen LogP contribution in [-0.4, -0.2) is 49.8 Å². The number of esters is 1. The molecule has 0 amide bonds. The minimum Gasteiger partial charge on any atom is -0.468 e. The molecule has 0 saturated heterocycles. The fourth-order valence-corrected chi connectivity index (χ4v) is 1.57. The number of ether oxygens (including phenoxy) is 1. The molecule has 0 aromatic carbocycles. The van der Waals surface area contributed by atoms with Gasteiger partial charge in [0.15, 0.2) is 0 Å². The third-order valence-corrected chi connectivity index (χ3v) is 2.33. The van der Waals surface area contributed by atoms with Gasteiger partial charge in [-0.3, -0.25) is 9.69 Å². The molecule has 7 heteroatoms. The monoisotopic (exact) mass is 256 g/mol. The van der Waals surface area contributed by atoms with Gasteiger partial charge in [0.05, 0.1) is 13.7 Å². The number of carbonyl (C=O) groups is 1. The van der Waals surface area contributed by atoms with Crippen molar-refractivity contribution in [3.63, 3.8) is 0 Å². The molecule has 0 rings (SSSR count). The molecule has 1 atom stereocenters. The Morgan fingerprint density at radius 1 is 1.47 bits per heavy atom. The molecule has 1 unspecified atom stereocenters. The second-order valence-corrected chi connectivity index (χ2v) is 3.68. The van der Waals surface area contributed by atoms with Gasteiger partial charge in [-0.1, -0.05) is 6.92 Å². The van der Waals surface area contributed by atoms with Gasteiger partial charge in [-0.05, 0) is 25.9 Å². The van der Waals surface area contributed by atoms with Crippen LogP contribution in [0.25, 0.3) is 0 Å². The summed E-state index contributed by atoms with van der Waals surface area (Å²) in [6.07, 6.45) is -4.09. The number of nitrogens with two attached hydrogens (primary N) is 1. The van der Waals surface area contributed by atoms with Gasteiger partial charge in [-0.2, -0.15) is 13.2 Å². The first-order chi connectivity index (χ1) is 7.86. The average molecular weight is 256 g/mol. The topological polar surface area (TPSA) is 55.6 Å². The molecular weight excluding hydrogens is 237 g/mol. The van der Waals surface area contributed by atoms with Crippen LogP contribution in [0.15, 0.2) is 0 Å². The van der Waals surface area contributed by atoms with E-state index in [4.69, 9.17) is 5.73 Å². The van der Waals surface area contributed by atoms with E-state index in [1.807, 2.05) is 0 Å². The summed E-state index contributed by atoms with van der Waals surface area (Å²) in [4.78, 5) is 12.1. The molecule has 0 spiro atoms. The lowest BCUT2D eigenvalue weighted by atomic mass is 10.1. The zero-order valence-corrected chi connectivity index (χ0v) is 10.1. The van der Waals surface area contributed by atoms with Gasteiger partial charge in [0.2, 0.25) is 0 Å². The standard InChI is InChI=1S/C10H19F3N2O2/c1-3-6-15(7-9(16)17-2)8(4-5-14)10(11,12)13/h8H,3-7,14H2,1-2H3. The highest BCUT2D eigenvalue weighted by atomic mass is 19.4. The zero-order chi connectivity index (χ0) is 13.5. The average Bonchev–Trinajstić information content (AvgIpc) is 2.23. The smallest absolute Gasteiger partial charge is 0.404 e. The van der Waals surface area contributed by atoms with Crippen molar-refractivity contribution in [3.8, 4) is 0 Å². The molecule has 0 fully saturated rings. The van der Waals surface area contributed by atoms with Crippen molar-refractivity contribution in [1.82, 2.24) is 4.90 Å². The minimum atomic E-state index is -4.39. The van der Waals surface area contributed by atoms with Crippen molar-refractivity contribution in [1.29, 1.82) is 0 Å². The summed E-state index contributed by atoms with van der Waals surface area (Å²) in [6, 6.07) is -1.69. The van der Waals surface area contributed by atoms with Crippen molar-refractivity contribution < 1.29 is 22.7 Å². The van der Waals surface area contributed by atoms with Crippen LogP contribution in [0.5, 0.6) is 0 Å². The lowest BCUT2D eigenvalue weighted by molar-refractivity contribution is -0.187. The third-order valence-electron chi connectivity index (χ3n) is 2.33. The lowest BCUT2D eigenvalue weighted by Crippen LogP contribution is -2.49. The molecule has 0 saturated carbocycles. The predicted molar refractivity (Wildman–Crippen MR) is 57.4 cm³/mol. The van der Waals surface area contributed by atoms with Gasteiger partial charge >= 0.3 is 12.1 Å². The first-order valence-corrected chi connectivity index (χ1v) is 5.44. The van der Waals surface area contributed by atoms with E-state index in [0.29, 0.717) is 6.42 Å². The normalized spacial score (nSPS) is 13.8. The molecule has 0 aromatic heterocycles. The maximum atomic E-state index is 12.8. The Bertz CT molecular complexity index is 234.